The van der Waals surface area contributed by atoms with Gasteiger partial charge in [-0.05, 0) is 39.0 Å². The third kappa shape index (κ3) is 5.45. The van der Waals surface area contributed by atoms with Crippen molar-refractivity contribution in [3.05, 3.63) is 48.5 Å². The Morgan fingerprint density at radius 1 is 1.03 bits per heavy atom. The van der Waals surface area contributed by atoms with E-state index in [1.165, 1.54) is 12.0 Å². The maximum Gasteiger partial charge on any atom is 0.411 e. The Hall–Kier alpha value is -3.88. The van der Waals surface area contributed by atoms with Gasteiger partial charge < -0.3 is 18.9 Å². The molecule has 3 aromatic rings. The smallest absolute Gasteiger partial charge is 0.411 e. The Morgan fingerprint density at radius 2 is 1.77 bits per heavy atom. The van der Waals surface area contributed by atoms with E-state index in [2.05, 4.69) is 4.98 Å². The summed E-state index contributed by atoms with van der Waals surface area (Å²) in [6.07, 6.45) is -0.875. The Morgan fingerprint density at radius 3 is 2.43 bits per heavy atom. The first kappa shape index (κ1) is 24.3. The summed E-state index contributed by atoms with van der Waals surface area (Å²) >= 11 is 0. The first-order chi connectivity index (χ1) is 16.7. The summed E-state index contributed by atoms with van der Waals surface area (Å²) in [6, 6.07) is 14.2. The van der Waals surface area contributed by atoms with Crippen molar-refractivity contribution in [1.29, 1.82) is 0 Å². The second-order valence-corrected chi connectivity index (χ2v) is 9.25. The number of rotatable bonds is 5. The highest BCUT2D eigenvalue weighted by Crippen LogP contribution is 2.32. The van der Waals surface area contributed by atoms with Gasteiger partial charge in [0.25, 0.3) is 0 Å². The van der Waals surface area contributed by atoms with Gasteiger partial charge >= 0.3 is 12.1 Å². The van der Waals surface area contributed by atoms with Crippen molar-refractivity contribution in [2.24, 2.45) is 0 Å². The van der Waals surface area contributed by atoms with Crippen LogP contribution in [0.25, 0.3) is 22.3 Å². The van der Waals surface area contributed by atoms with Crippen LogP contribution in [0.4, 0.5) is 4.79 Å². The number of methoxy groups -OCH3 is 2. The number of nitrogens with zero attached hydrogens (tertiary/aromatic N) is 3. The van der Waals surface area contributed by atoms with Crippen LogP contribution in [0, 0.1) is 0 Å². The summed E-state index contributed by atoms with van der Waals surface area (Å²) in [7, 11) is 2.87. The van der Waals surface area contributed by atoms with E-state index in [-0.39, 0.29) is 13.0 Å². The summed E-state index contributed by atoms with van der Waals surface area (Å²) in [4.78, 5) is 36.0. The third-order valence-electron chi connectivity index (χ3n) is 5.54. The van der Waals surface area contributed by atoms with E-state index in [0.717, 1.165) is 5.56 Å². The number of aromatic nitrogens is 2. The minimum Gasteiger partial charge on any atom is -0.497 e. The first-order valence-electron chi connectivity index (χ1n) is 11.3. The van der Waals surface area contributed by atoms with Crippen molar-refractivity contribution in [3.8, 4) is 23.0 Å². The van der Waals surface area contributed by atoms with Crippen LogP contribution in [0.1, 0.15) is 27.2 Å². The van der Waals surface area contributed by atoms with E-state index in [1.54, 1.807) is 33.9 Å². The molecule has 0 radical (unpaired) electrons. The second-order valence-electron chi connectivity index (χ2n) is 9.25. The molecule has 35 heavy (non-hydrogen) atoms. The van der Waals surface area contributed by atoms with Gasteiger partial charge in [-0.3, -0.25) is 4.90 Å². The first-order valence-corrected chi connectivity index (χ1v) is 11.3. The lowest BCUT2D eigenvalue weighted by molar-refractivity contribution is -0.145. The standard InChI is InChI=1S/C26H29N3O6/c1-26(2,3)35-25(31)29-15-18(14-21(29)24(30)33-5)34-23-19-13-17(32-4)11-12-20(19)27-22(28-23)16-9-7-6-8-10-16/h6-13,18,21H,14-15H2,1-5H3/t18-,21+/m1/s1. The lowest BCUT2D eigenvalue weighted by Crippen LogP contribution is -2.44. The normalized spacial score (nSPS) is 17.8. The predicted molar refractivity (Wildman–Crippen MR) is 129 cm³/mol. The molecular weight excluding hydrogens is 450 g/mol. The molecule has 4 rings (SSSR count). The largest absolute Gasteiger partial charge is 0.497 e. The molecule has 0 spiro atoms. The van der Waals surface area contributed by atoms with Gasteiger partial charge in [0.1, 0.15) is 23.5 Å². The Labute approximate surface area is 204 Å². The molecule has 1 fully saturated rings. The zero-order valence-electron chi connectivity index (χ0n) is 20.5. The van der Waals surface area contributed by atoms with E-state index >= 15 is 0 Å². The molecule has 1 amide bonds. The molecule has 1 saturated heterocycles. The molecule has 0 bridgehead atoms. The minimum atomic E-state index is -0.823. The fraction of sp³-hybridized carbons (Fsp3) is 0.385. The van der Waals surface area contributed by atoms with Crippen LogP contribution in [-0.2, 0) is 14.3 Å². The topological polar surface area (TPSA) is 100 Å². The molecule has 1 aliphatic rings. The van der Waals surface area contributed by atoms with Crippen LogP contribution in [0.5, 0.6) is 11.6 Å². The number of fused-ring (bicyclic) bond motifs is 1. The number of esters is 1. The van der Waals surface area contributed by atoms with Gasteiger partial charge in [0, 0.05) is 12.0 Å². The minimum absolute atomic E-state index is 0.144. The molecule has 9 nitrogen and oxygen atoms in total. The van der Waals surface area contributed by atoms with Crippen molar-refractivity contribution in [3.63, 3.8) is 0 Å². The Kier molecular flexibility index (Phi) is 6.77. The maximum absolute atomic E-state index is 12.8. The van der Waals surface area contributed by atoms with Crippen LogP contribution in [0.2, 0.25) is 0 Å². The Balaban J connectivity index is 1.69. The molecule has 0 N–H and O–H groups in total. The predicted octanol–water partition coefficient (Wildman–Crippen LogP) is 4.24. The number of ether oxygens (including phenoxy) is 4. The van der Waals surface area contributed by atoms with Gasteiger partial charge in [-0.2, -0.15) is 4.98 Å². The molecule has 0 unspecified atom stereocenters. The van der Waals surface area contributed by atoms with E-state index in [4.69, 9.17) is 23.9 Å². The van der Waals surface area contributed by atoms with Crippen molar-refractivity contribution in [2.45, 2.75) is 44.9 Å². The van der Waals surface area contributed by atoms with Crippen LogP contribution in [0.15, 0.2) is 48.5 Å². The number of benzene rings is 2. The van der Waals surface area contributed by atoms with Crippen molar-refractivity contribution in [1.82, 2.24) is 14.9 Å². The monoisotopic (exact) mass is 479 g/mol. The molecule has 0 saturated carbocycles. The van der Waals surface area contributed by atoms with Gasteiger partial charge in [-0.1, -0.05) is 30.3 Å². The third-order valence-corrected chi connectivity index (χ3v) is 5.54. The number of carbonyl (C=O) groups excluding carboxylic acids is 2. The molecule has 9 heteroatoms. The summed E-state index contributed by atoms with van der Waals surface area (Å²) in [6.45, 7) is 5.46. The van der Waals surface area contributed by atoms with Crippen LogP contribution in [0.3, 0.4) is 0 Å². The number of amides is 1. The summed E-state index contributed by atoms with van der Waals surface area (Å²) in [5, 5.41) is 0.661. The van der Waals surface area contributed by atoms with Gasteiger partial charge in [-0.15, -0.1) is 0 Å². The zero-order chi connectivity index (χ0) is 25.2. The Bertz CT molecular complexity index is 1220. The maximum atomic E-state index is 12.8. The van der Waals surface area contributed by atoms with E-state index < -0.39 is 29.8 Å². The number of carbonyl (C=O) groups is 2. The average Bonchev–Trinajstić information content (AvgIpc) is 3.26. The van der Waals surface area contributed by atoms with Gasteiger partial charge in [-0.25, -0.2) is 14.6 Å². The SMILES string of the molecule is COC(=O)[C@@H]1C[C@@H](Oc2nc(-c3ccccc3)nc3ccc(OC)cc23)CN1C(=O)OC(C)(C)C. The quantitative estimate of drug-likeness (QED) is 0.501. The number of likely N-dealkylation sites (tertiary alicyclic amines) is 1. The molecule has 1 aromatic heterocycles. The lowest BCUT2D eigenvalue weighted by Gasteiger charge is -2.27. The van der Waals surface area contributed by atoms with Gasteiger partial charge in [0.05, 0.1) is 31.7 Å². The van der Waals surface area contributed by atoms with E-state index in [0.29, 0.717) is 28.4 Å². The molecule has 2 aromatic carbocycles. The van der Waals surface area contributed by atoms with Crippen molar-refractivity contribution < 1.29 is 28.5 Å². The molecule has 2 heterocycles. The molecule has 1 aliphatic heterocycles. The summed E-state index contributed by atoms with van der Waals surface area (Å²) < 4.78 is 22.1. The molecule has 184 valence electrons. The van der Waals surface area contributed by atoms with Gasteiger partial charge in [0.2, 0.25) is 5.88 Å². The fourth-order valence-corrected chi connectivity index (χ4v) is 3.94. The van der Waals surface area contributed by atoms with Crippen LogP contribution < -0.4 is 9.47 Å². The van der Waals surface area contributed by atoms with Crippen LogP contribution >= 0.6 is 0 Å². The van der Waals surface area contributed by atoms with Crippen molar-refractivity contribution in [2.75, 3.05) is 20.8 Å². The highest BCUT2D eigenvalue weighted by atomic mass is 16.6. The van der Waals surface area contributed by atoms with Crippen LogP contribution in [-0.4, -0.2) is 65.4 Å². The molecule has 2 atom stereocenters. The summed E-state index contributed by atoms with van der Waals surface area (Å²) in [5.41, 5.74) is 0.811. The number of hydrogen-bond acceptors (Lipinski definition) is 8. The van der Waals surface area contributed by atoms with Crippen molar-refractivity contribution >= 4 is 23.0 Å². The highest BCUT2D eigenvalue weighted by Gasteiger charge is 2.43. The molecule has 0 aliphatic carbocycles. The summed E-state index contributed by atoms with van der Waals surface area (Å²) in [5.74, 6) is 0.950. The van der Waals surface area contributed by atoms with E-state index in [9.17, 15) is 9.59 Å². The fourth-order valence-electron chi connectivity index (χ4n) is 3.94. The van der Waals surface area contributed by atoms with Gasteiger partial charge in [0.15, 0.2) is 5.82 Å². The van der Waals surface area contributed by atoms with E-state index in [1.807, 2.05) is 42.5 Å². The average molecular weight is 480 g/mol. The second kappa shape index (κ2) is 9.77. The zero-order valence-corrected chi connectivity index (χ0v) is 20.5. The highest BCUT2D eigenvalue weighted by molar-refractivity contribution is 5.87. The number of hydrogen-bond donors (Lipinski definition) is 0. The lowest BCUT2D eigenvalue weighted by atomic mass is 10.1. The molecular formula is C26H29N3O6.